The van der Waals surface area contributed by atoms with Gasteiger partial charge in [0, 0.05) is 35.8 Å². The summed E-state index contributed by atoms with van der Waals surface area (Å²) in [6.07, 6.45) is 2.42. The second kappa shape index (κ2) is 8.28. The molecule has 0 bridgehead atoms. The highest BCUT2D eigenvalue weighted by atomic mass is 32.2. The summed E-state index contributed by atoms with van der Waals surface area (Å²) in [6, 6.07) is 6.06. The zero-order valence-corrected chi connectivity index (χ0v) is 17.2. The van der Waals surface area contributed by atoms with Crippen LogP contribution in [0.5, 0.6) is 0 Å². The Morgan fingerprint density at radius 1 is 1.37 bits per heavy atom. The molecular formula is C21H25N3O2S. The molecule has 3 rings (SSSR count). The van der Waals surface area contributed by atoms with E-state index in [2.05, 4.69) is 15.6 Å². The van der Waals surface area contributed by atoms with Crippen LogP contribution in [-0.2, 0) is 11.3 Å². The molecule has 0 unspecified atom stereocenters. The third-order valence-electron chi connectivity index (χ3n) is 5.05. The summed E-state index contributed by atoms with van der Waals surface area (Å²) in [5.74, 6) is 0.339. The first-order valence-electron chi connectivity index (χ1n) is 9.23. The van der Waals surface area contributed by atoms with Gasteiger partial charge in [0.15, 0.2) is 5.78 Å². The maximum atomic E-state index is 12.8. The Kier molecular flexibility index (Phi) is 6.03. The molecule has 0 saturated carbocycles. The molecule has 1 fully saturated rings. The van der Waals surface area contributed by atoms with Crippen molar-refractivity contribution < 1.29 is 9.53 Å². The van der Waals surface area contributed by atoms with E-state index in [1.54, 1.807) is 0 Å². The second-order valence-corrected chi connectivity index (χ2v) is 8.08. The number of ketones is 1. The largest absolute Gasteiger partial charge is 0.376 e. The van der Waals surface area contributed by atoms with Crippen molar-refractivity contribution in [1.29, 1.82) is 5.26 Å². The molecule has 1 aliphatic rings. The van der Waals surface area contributed by atoms with E-state index >= 15 is 0 Å². The predicted octanol–water partition coefficient (Wildman–Crippen LogP) is 4.14. The standard InChI is InChI=1S/C21H25N3O2S/c1-13-8-14(2)23-21(19(13)10-22)27-12-20(25)18-9-15(3)24(16(18)4)11-17-6-5-7-26-17/h8-9,17H,5-7,11-12H2,1-4H3/t17-/m0/s1. The minimum Gasteiger partial charge on any atom is -0.376 e. The highest BCUT2D eigenvalue weighted by molar-refractivity contribution is 8.00. The molecule has 5 nitrogen and oxygen atoms in total. The molecule has 3 heterocycles. The van der Waals surface area contributed by atoms with Gasteiger partial charge in [-0.15, -0.1) is 0 Å². The van der Waals surface area contributed by atoms with Crippen molar-refractivity contribution in [2.75, 3.05) is 12.4 Å². The summed E-state index contributed by atoms with van der Waals surface area (Å²) >= 11 is 1.34. The van der Waals surface area contributed by atoms with Gasteiger partial charge in [-0.3, -0.25) is 4.79 Å². The van der Waals surface area contributed by atoms with E-state index in [1.165, 1.54) is 11.8 Å². The lowest BCUT2D eigenvalue weighted by Crippen LogP contribution is -2.17. The Hall–Kier alpha value is -2.10. The summed E-state index contributed by atoms with van der Waals surface area (Å²) in [5.41, 5.74) is 5.13. The molecule has 6 heteroatoms. The van der Waals surface area contributed by atoms with E-state index in [0.717, 1.165) is 54.2 Å². The molecule has 0 aliphatic carbocycles. The van der Waals surface area contributed by atoms with Crippen LogP contribution in [0.15, 0.2) is 17.2 Å². The van der Waals surface area contributed by atoms with E-state index in [9.17, 15) is 10.1 Å². The fourth-order valence-corrected chi connectivity index (χ4v) is 4.59. The van der Waals surface area contributed by atoms with E-state index < -0.39 is 0 Å². The number of thioether (sulfide) groups is 1. The topological polar surface area (TPSA) is 67.9 Å². The molecule has 0 N–H and O–H groups in total. The van der Waals surface area contributed by atoms with Crippen LogP contribution >= 0.6 is 11.8 Å². The maximum Gasteiger partial charge on any atom is 0.174 e. The summed E-state index contributed by atoms with van der Waals surface area (Å²) < 4.78 is 7.93. The van der Waals surface area contributed by atoms with Crippen LogP contribution in [0.3, 0.4) is 0 Å². The van der Waals surface area contributed by atoms with Gasteiger partial charge in [0.2, 0.25) is 0 Å². The van der Waals surface area contributed by atoms with Crippen LogP contribution < -0.4 is 0 Å². The number of rotatable bonds is 6. The molecule has 0 radical (unpaired) electrons. The number of nitriles is 1. The number of hydrogen-bond donors (Lipinski definition) is 0. The van der Waals surface area contributed by atoms with Gasteiger partial charge in [0.05, 0.1) is 17.4 Å². The van der Waals surface area contributed by atoms with Gasteiger partial charge in [0.25, 0.3) is 0 Å². The highest BCUT2D eigenvalue weighted by Gasteiger charge is 2.21. The highest BCUT2D eigenvalue weighted by Crippen LogP contribution is 2.26. The molecular weight excluding hydrogens is 358 g/mol. The van der Waals surface area contributed by atoms with Crippen LogP contribution in [-0.4, -0.2) is 33.8 Å². The summed E-state index contributed by atoms with van der Waals surface area (Å²) in [4.78, 5) is 17.3. The molecule has 27 heavy (non-hydrogen) atoms. The number of Topliss-reactive ketones (excluding diaryl/α,β-unsaturated/α-hetero) is 1. The molecule has 1 atom stereocenters. The van der Waals surface area contributed by atoms with Gasteiger partial charge in [-0.1, -0.05) is 11.8 Å². The lowest BCUT2D eigenvalue weighted by atomic mass is 10.1. The number of aryl methyl sites for hydroxylation is 3. The summed E-state index contributed by atoms with van der Waals surface area (Å²) in [7, 11) is 0. The molecule has 0 aromatic carbocycles. The average molecular weight is 384 g/mol. The monoisotopic (exact) mass is 383 g/mol. The average Bonchev–Trinajstić information content (AvgIpc) is 3.23. The first-order chi connectivity index (χ1) is 12.9. The SMILES string of the molecule is Cc1cc(C)c(C#N)c(SCC(=O)c2cc(C)n(C[C@@H]3CCCO3)c2C)n1. The van der Waals surface area contributed by atoms with E-state index in [4.69, 9.17) is 4.74 Å². The predicted molar refractivity (Wildman–Crippen MR) is 106 cm³/mol. The smallest absolute Gasteiger partial charge is 0.174 e. The zero-order valence-electron chi connectivity index (χ0n) is 16.3. The second-order valence-electron chi connectivity index (χ2n) is 7.11. The molecule has 1 aliphatic heterocycles. The van der Waals surface area contributed by atoms with Gasteiger partial charge >= 0.3 is 0 Å². The van der Waals surface area contributed by atoms with Crippen LogP contribution in [0.1, 0.15) is 51.4 Å². The number of carbonyl (C=O) groups is 1. The molecule has 0 spiro atoms. The number of nitrogens with zero attached hydrogens (tertiary/aromatic N) is 3. The van der Waals surface area contributed by atoms with Crippen LogP contribution in [0.2, 0.25) is 0 Å². The molecule has 142 valence electrons. The van der Waals surface area contributed by atoms with Crippen molar-refractivity contribution in [2.45, 2.75) is 58.2 Å². The Morgan fingerprint density at radius 3 is 2.81 bits per heavy atom. The van der Waals surface area contributed by atoms with Crippen molar-refractivity contribution in [3.8, 4) is 6.07 Å². The maximum absolute atomic E-state index is 12.8. The van der Waals surface area contributed by atoms with Crippen molar-refractivity contribution in [3.63, 3.8) is 0 Å². The number of aromatic nitrogens is 2. The Balaban J connectivity index is 1.75. The van der Waals surface area contributed by atoms with Crippen LogP contribution in [0, 0.1) is 39.0 Å². The van der Waals surface area contributed by atoms with Crippen LogP contribution in [0.25, 0.3) is 0 Å². The van der Waals surface area contributed by atoms with Crippen molar-refractivity contribution >= 4 is 17.5 Å². The Morgan fingerprint density at radius 2 is 2.15 bits per heavy atom. The van der Waals surface area contributed by atoms with Crippen LogP contribution in [0.4, 0.5) is 0 Å². The molecule has 2 aromatic heterocycles. The minimum absolute atomic E-state index is 0.0662. The third kappa shape index (κ3) is 4.26. The number of ether oxygens (including phenoxy) is 1. The van der Waals surface area contributed by atoms with Crippen molar-refractivity contribution in [1.82, 2.24) is 9.55 Å². The molecule has 1 saturated heterocycles. The normalized spacial score (nSPS) is 16.5. The quantitative estimate of drug-likeness (QED) is 0.554. The van der Waals surface area contributed by atoms with E-state index in [0.29, 0.717) is 10.6 Å². The lowest BCUT2D eigenvalue weighted by Gasteiger charge is -2.14. The number of hydrogen-bond acceptors (Lipinski definition) is 5. The lowest BCUT2D eigenvalue weighted by molar-refractivity contribution is 0.0957. The first-order valence-corrected chi connectivity index (χ1v) is 10.2. The minimum atomic E-state index is 0.0662. The zero-order chi connectivity index (χ0) is 19.6. The summed E-state index contributed by atoms with van der Waals surface area (Å²) in [6.45, 7) is 9.46. The van der Waals surface area contributed by atoms with Crippen molar-refractivity contribution in [3.05, 3.63) is 45.9 Å². The van der Waals surface area contributed by atoms with Gasteiger partial charge < -0.3 is 9.30 Å². The van der Waals surface area contributed by atoms with Crippen molar-refractivity contribution in [2.24, 2.45) is 0 Å². The van der Waals surface area contributed by atoms with Gasteiger partial charge in [-0.05, 0) is 58.2 Å². The number of carbonyl (C=O) groups excluding carboxylic acids is 1. The molecule has 2 aromatic rings. The molecule has 0 amide bonds. The number of pyridine rings is 1. The van der Waals surface area contributed by atoms with E-state index in [1.807, 2.05) is 39.8 Å². The first kappa shape index (κ1) is 19.7. The van der Waals surface area contributed by atoms with Gasteiger partial charge in [0.1, 0.15) is 11.1 Å². The summed E-state index contributed by atoms with van der Waals surface area (Å²) in [5, 5.41) is 10.0. The van der Waals surface area contributed by atoms with Gasteiger partial charge in [-0.2, -0.15) is 5.26 Å². The Labute approximate surface area is 164 Å². The Bertz CT molecular complexity index is 905. The fourth-order valence-electron chi connectivity index (χ4n) is 3.61. The van der Waals surface area contributed by atoms with Gasteiger partial charge in [-0.25, -0.2) is 4.98 Å². The van der Waals surface area contributed by atoms with E-state index in [-0.39, 0.29) is 17.6 Å². The fraction of sp³-hybridized carbons (Fsp3) is 0.476. The third-order valence-corrected chi connectivity index (χ3v) is 6.02.